The number of aliphatic hydroxyl groups is 1. The number of nitrogens with zero attached hydrogens (tertiary/aromatic N) is 3. The van der Waals surface area contributed by atoms with Gasteiger partial charge in [-0.3, -0.25) is 4.68 Å². The zero-order valence-electron chi connectivity index (χ0n) is 17.4. The zero-order valence-corrected chi connectivity index (χ0v) is 18.2. The average Bonchev–Trinajstić information content (AvgIpc) is 3.21. The van der Waals surface area contributed by atoms with Crippen LogP contribution in [0.25, 0.3) is 0 Å². The van der Waals surface area contributed by atoms with E-state index in [4.69, 9.17) is 9.47 Å². The first-order valence-electron chi connectivity index (χ1n) is 9.61. The van der Waals surface area contributed by atoms with Gasteiger partial charge in [-0.15, -0.1) is 0 Å². The molecule has 3 aromatic rings. The topological polar surface area (TPSA) is 76.8 Å². The number of methoxy groups -OCH3 is 2. The van der Waals surface area contributed by atoms with Crippen molar-refractivity contribution in [1.29, 1.82) is 0 Å². The van der Waals surface area contributed by atoms with Crippen LogP contribution in [-0.2, 0) is 30.6 Å². The van der Waals surface area contributed by atoms with Crippen LogP contribution in [-0.4, -0.2) is 43.7 Å². The van der Waals surface area contributed by atoms with E-state index < -0.39 is 17.1 Å². The molecule has 1 heterocycles. The van der Waals surface area contributed by atoms with Crippen LogP contribution in [0.15, 0.2) is 65.8 Å². The summed E-state index contributed by atoms with van der Waals surface area (Å²) in [5.41, 5.74) is 2.04. The number of hydrogen-bond acceptors (Lipinski definition) is 5. The molecule has 0 bridgehead atoms. The summed E-state index contributed by atoms with van der Waals surface area (Å²) in [6, 6.07) is 15.4. The molecule has 0 radical (unpaired) electrons. The summed E-state index contributed by atoms with van der Waals surface area (Å²) < 4.78 is 27.3. The van der Waals surface area contributed by atoms with Gasteiger partial charge < -0.3 is 14.6 Å². The summed E-state index contributed by atoms with van der Waals surface area (Å²) in [6.07, 6.45) is 2.78. The van der Waals surface area contributed by atoms with Crippen molar-refractivity contribution in [3.05, 3.63) is 72.1 Å². The second-order valence-corrected chi connectivity index (χ2v) is 8.48. The first-order valence-corrected chi connectivity index (χ1v) is 10.7. The summed E-state index contributed by atoms with van der Waals surface area (Å²) in [4.78, 5) is 0.595. The van der Waals surface area contributed by atoms with Crippen LogP contribution in [0.1, 0.15) is 18.1 Å². The third-order valence-electron chi connectivity index (χ3n) is 4.53. The standard InChI is InChI=1S/C22H27N3O4S/c1-17(26)13-24-16-22(12-23-24)30(27)25(14-18-4-8-20(28-2)9-5-18)15-19-6-10-21(29-3)11-7-19/h4-12,16-17,26H,13-15H2,1-3H3. The molecule has 0 aliphatic heterocycles. The lowest BCUT2D eigenvalue weighted by molar-refractivity contribution is 0.168. The number of hydrogen-bond donors (Lipinski definition) is 1. The Kier molecular flexibility index (Phi) is 7.62. The fourth-order valence-electron chi connectivity index (χ4n) is 3.00. The minimum Gasteiger partial charge on any atom is -0.497 e. The molecule has 2 aromatic carbocycles. The highest BCUT2D eigenvalue weighted by Crippen LogP contribution is 2.21. The molecule has 0 saturated carbocycles. The third-order valence-corrected chi connectivity index (χ3v) is 5.87. The lowest BCUT2D eigenvalue weighted by Crippen LogP contribution is -2.25. The van der Waals surface area contributed by atoms with E-state index in [1.807, 2.05) is 52.8 Å². The van der Waals surface area contributed by atoms with Crippen molar-refractivity contribution in [3.8, 4) is 11.5 Å². The Bertz CT molecular complexity index is 906. The molecule has 3 rings (SSSR count). The highest BCUT2D eigenvalue weighted by molar-refractivity contribution is 7.82. The summed E-state index contributed by atoms with van der Waals surface area (Å²) in [5.74, 6) is 1.56. The Morgan fingerprint density at radius 2 is 1.50 bits per heavy atom. The van der Waals surface area contributed by atoms with Gasteiger partial charge in [-0.1, -0.05) is 24.3 Å². The lowest BCUT2D eigenvalue weighted by Gasteiger charge is -2.21. The molecule has 1 aromatic heterocycles. The summed E-state index contributed by atoms with van der Waals surface area (Å²) in [7, 11) is 1.84. The Labute approximate surface area is 179 Å². The maximum atomic E-state index is 13.4. The van der Waals surface area contributed by atoms with Crippen molar-refractivity contribution in [2.75, 3.05) is 14.2 Å². The molecule has 0 aliphatic rings. The maximum Gasteiger partial charge on any atom is 0.131 e. The molecule has 0 amide bonds. The van der Waals surface area contributed by atoms with Gasteiger partial charge in [-0.05, 0) is 42.3 Å². The van der Waals surface area contributed by atoms with Crippen molar-refractivity contribution in [2.45, 2.75) is 37.6 Å². The third kappa shape index (κ3) is 5.91. The second-order valence-electron chi connectivity index (χ2n) is 6.99. The molecular weight excluding hydrogens is 402 g/mol. The Hall–Kier alpha value is -2.68. The van der Waals surface area contributed by atoms with Gasteiger partial charge >= 0.3 is 0 Å². The van der Waals surface area contributed by atoms with Gasteiger partial charge in [-0.2, -0.15) is 5.10 Å². The first kappa shape index (κ1) is 22.0. The minimum absolute atomic E-state index is 0.355. The number of benzene rings is 2. The SMILES string of the molecule is COc1ccc(CN(Cc2ccc(OC)cc2)S(=O)c2cnn(CC(C)O)c2)cc1. The van der Waals surface area contributed by atoms with Gasteiger partial charge in [0, 0.05) is 19.3 Å². The molecule has 7 nitrogen and oxygen atoms in total. The maximum absolute atomic E-state index is 13.4. The Morgan fingerprint density at radius 3 is 1.93 bits per heavy atom. The van der Waals surface area contributed by atoms with Crippen molar-refractivity contribution >= 4 is 11.0 Å². The normalized spacial score (nSPS) is 13.2. The molecule has 0 saturated heterocycles. The van der Waals surface area contributed by atoms with E-state index in [1.165, 1.54) is 0 Å². The van der Waals surface area contributed by atoms with Gasteiger partial charge in [0.1, 0.15) is 22.5 Å². The number of ether oxygens (including phenoxy) is 2. The van der Waals surface area contributed by atoms with Crippen molar-refractivity contribution in [1.82, 2.24) is 14.1 Å². The van der Waals surface area contributed by atoms with E-state index in [1.54, 1.807) is 38.2 Å². The van der Waals surface area contributed by atoms with E-state index >= 15 is 0 Å². The van der Waals surface area contributed by atoms with Gasteiger partial charge in [0.25, 0.3) is 0 Å². The number of aliphatic hydroxyl groups excluding tert-OH is 1. The quantitative estimate of drug-likeness (QED) is 0.536. The van der Waals surface area contributed by atoms with E-state index in [9.17, 15) is 9.32 Å². The van der Waals surface area contributed by atoms with Crippen molar-refractivity contribution < 1.29 is 18.8 Å². The highest BCUT2D eigenvalue weighted by Gasteiger charge is 2.19. The van der Waals surface area contributed by atoms with Gasteiger partial charge in [0.15, 0.2) is 0 Å². The molecular formula is C22H27N3O4S. The molecule has 160 valence electrons. The van der Waals surface area contributed by atoms with Crippen molar-refractivity contribution in [2.24, 2.45) is 0 Å². The van der Waals surface area contributed by atoms with Crippen molar-refractivity contribution in [3.63, 3.8) is 0 Å². The average molecular weight is 430 g/mol. The molecule has 1 N–H and O–H groups in total. The Balaban J connectivity index is 1.82. The van der Waals surface area contributed by atoms with Crippen LogP contribution in [0.2, 0.25) is 0 Å². The largest absolute Gasteiger partial charge is 0.497 e. The van der Waals surface area contributed by atoms with Crippen LogP contribution in [0, 0.1) is 0 Å². The summed E-state index contributed by atoms with van der Waals surface area (Å²) in [5, 5.41) is 13.8. The lowest BCUT2D eigenvalue weighted by atomic mass is 10.2. The fourth-order valence-corrected chi connectivity index (χ4v) is 4.18. The fraction of sp³-hybridized carbons (Fsp3) is 0.318. The van der Waals surface area contributed by atoms with E-state index in [0.29, 0.717) is 24.5 Å². The molecule has 0 fully saturated rings. The minimum atomic E-state index is -1.42. The monoisotopic (exact) mass is 429 g/mol. The van der Waals surface area contributed by atoms with Crippen LogP contribution < -0.4 is 9.47 Å². The highest BCUT2D eigenvalue weighted by atomic mass is 32.2. The van der Waals surface area contributed by atoms with Crippen LogP contribution in [0.5, 0.6) is 11.5 Å². The van der Waals surface area contributed by atoms with Crippen LogP contribution >= 0.6 is 0 Å². The molecule has 8 heteroatoms. The summed E-state index contributed by atoms with van der Waals surface area (Å²) >= 11 is 0. The van der Waals surface area contributed by atoms with E-state index in [0.717, 1.165) is 22.6 Å². The van der Waals surface area contributed by atoms with E-state index in [2.05, 4.69) is 5.10 Å². The Morgan fingerprint density at radius 1 is 1.00 bits per heavy atom. The molecule has 0 aliphatic carbocycles. The molecule has 2 atom stereocenters. The number of aromatic nitrogens is 2. The zero-order chi connectivity index (χ0) is 21.5. The molecule has 2 unspecified atom stereocenters. The van der Waals surface area contributed by atoms with Crippen LogP contribution in [0.4, 0.5) is 0 Å². The summed E-state index contributed by atoms with van der Waals surface area (Å²) in [6.45, 7) is 3.03. The molecule has 30 heavy (non-hydrogen) atoms. The smallest absolute Gasteiger partial charge is 0.131 e. The molecule has 0 spiro atoms. The van der Waals surface area contributed by atoms with E-state index in [-0.39, 0.29) is 0 Å². The number of rotatable bonds is 10. The van der Waals surface area contributed by atoms with Crippen LogP contribution in [0.3, 0.4) is 0 Å². The van der Waals surface area contributed by atoms with Gasteiger partial charge in [0.05, 0.1) is 38.0 Å². The van der Waals surface area contributed by atoms with Gasteiger partial charge in [0.2, 0.25) is 0 Å². The predicted octanol–water partition coefficient (Wildman–Crippen LogP) is 3.01. The first-order chi connectivity index (χ1) is 14.5. The van der Waals surface area contributed by atoms with Gasteiger partial charge in [-0.25, -0.2) is 8.51 Å². The predicted molar refractivity (Wildman–Crippen MR) is 116 cm³/mol. The second kappa shape index (κ2) is 10.4.